The lowest BCUT2D eigenvalue weighted by Crippen LogP contribution is -2.10. The Kier molecular flexibility index (Phi) is 8.17. The Hall–Kier alpha value is -2.68. The zero-order valence-electron chi connectivity index (χ0n) is 24.4. The summed E-state index contributed by atoms with van der Waals surface area (Å²) < 4.78 is 0. The Morgan fingerprint density at radius 3 is 1.51 bits per heavy atom. The molecule has 0 heterocycles. The SMILES string of the molecule is CCC[C@@H](C)c1ccc(-c2cccc3c2c(SC)c(SC)c2c(-c4ccc(C(C)(C)C)cc4)cccc23)cc1. The average Bonchev–Trinajstić information content (AvgIpc) is 2.95. The molecule has 0 aliphatic rings. The number of rotatable bonds is 7. The van der Waals surface area contributed by atoms with Gasteiger partial charge in [-0.05, 0) is 74.4 Å². The van der Waals surface area contributed by atoms with Gasteiger partial charge in [-0.15, -0.1) is 23.5 Å². The molecule has 5 rings (SSSR count). The molecule has 1 atom stereocenters. The normalized spacial score (nSPS) is 12.8. The molecule has 0 unspecified atom stereocenters. The maximum atomic E-state index is 2.34. The van der Waals surface area contributed by atoms with E-state index in [0.717, 1.165) is 0 Å². The molecule has 5 aromatic rings. The van der Waals surface area contributed by atoms with Gasteiger partial charge < -0.3 is 0 Å². The number of benzene rings is 5. The Bertz CT molecular complexity index is 1600. The van der Waals surface area contributed by atoms with Gasteiger partial charge in [-0.25, -0.2) is 0 Å². The zero-order chi connectivity index (χ0) is 27.7. The fourth-order valence-corrected chi connectivity index (χ4v) is 7.80. The van der Waals surface area contributed by atoms with Crippen LogP contribution in [0.4, 0.5) is 0 Å². The quantitative estimate of drug-likeness (QED) is 0.146. The summed E-state index contributed by atoms with van der Waals surface area (Å²) in [6.07, 6.45) is 6.91. The second-order valence-corrected chi connectivity index (χ2v) is 13.3. The van der Waals surface area contributed by atoms with Gasteiger partial charge in [-0.2, -0.15) is 0 Å². The highest BCUT2D eigenvalue weighted by Gasteiger charge is 2.20. The van der Waals surface area contributed by atoms with E-state index < -0.39 is 0 Å². The monoisotopic (exact) mass is 548 g/mol. The molecule has 39 heavy (non-hydrogen) atoms. The summed E-state index contributed by atoms with van der Waals surface area (Å²) in [6, 6.07) is 32.2. The third kappa shape index (κ3) is 5.26. The van der Waals surface area contributed by atoms with E-state index in [-0.39, 0.29) is 5.41 Å². The van der Waals surface area contributed by atoms with E-state index in [1.165, 1.54) is 77.6 Å². The predicted molar refractivity (Wildman–Crippen MR) is 178 cm³/mol. The van der Waals surface area contributed by atoms with Gasteiger partial charge in [-0.1, -0.05) is 126 Å². The number of hydrogen-bond donors (Lipinski definition) is 0. The fourth-order valence-electron chi connectivity index (χ4n) is 5.88. The molecule has 0 N–H and O–H groups in total. The molecule has 0 saturated carbocycles. The summed E-state index contributed by atoms with van der Waals surface area (Å²) in [5.41, 5.74) is 8.16. The van der Waals surface area contributed by atoms with Crippen molar-refractivity contribution >= 4 is 45.1 Å². The van der Waals surface area contributed by atoms with Gasteiger partial charge in [0.25, 0.3) is 0 Å². The van der Waals surface area contributed by atoms with Gasteiger partial charge >= 0.3 is 0 Å². The summed E-state index contributed by atoms with van der Waals surface area (Å²) in [5, 5.41) is 5.41. The largest absolute Gasteiger partial charge is 0.128 e. The molecule has 5 aromatic carbocycles. The maximum Gasteiger partial charge on any atom is 0.0297 e. The third-order valence-corrected chi connectivity index (χ3v) is 9.82. The van der Waals surface area contributed by atoms with E-state index in [2.05, 4.69) is 132 Å². The standard InChI is InChI=1S/C37H40S2/c1-8-11-24(2)25-16-18-26(19-17-25)29-12-9-14-31-32-15-10-13-30(27-20-22-28(23-21-27)37(3,4)5)34(32)36(39-7)35(38-6)33(29)31/h9-10,12-24H,8,11H2,1-7H3/t24-/m1/s1. The molecule has 0 nitrogen and oxygen atoms in total. The number of thioether (sulfide) groups is 2. The van der Waals surface area contributed by atoms with Crippen LogP contribution in [-0.4, -0.2) is 12.5 Å². The van der Waals surface area contributed by atoms with Crippen LogP contribution in [0.15, 0.2) is 94.7 Å². The maximum absolute atomic E-state index is 2.34. The van der Waals surface area contributed by atoms with Crippen molar-refractivity contribution < 1.29 is 0 Å². The molecule has 0 radical (unpaired) electrons. The Morgan fingerprint density at radius 2 is 1.10 bits per heavy atom. The Balaban J connectivity index is 1.75. The van der Waals surface area contributed by atoms with Gasteiger partial charge in [-0.3, -0.25) is 0 Å². The van der Waals surface area contributed by atoms with Crippen molar-refractivity contribution in [2.75, 3.05) is 12.5 Å². The van der Waals surface area contributed by atoms with Crippen LogP contribution >= 0.6 is 23.5 Å². The zero-order valence-corrected chi connectivity index (χ0v) is 26.0. The number of hydrogen-bond acceptors (Lipinski definition) is 2. The molecule has 0 amide bonds. The van der Waals surface area contributed by atoms with Crippen molar-refractivity contribution in [3.8, 4) is 22.3 Å². The highest BCUT2D eigenvalue weighted by Crippen LogP contribution is 2.48. The first kappa shape index (κ1) is 27.9. The molecule has 0 bridgehead atoms. The number of fused-ring (bicyclic) bond motifs is 3. The Morgan fingerprint density at radius 1 is 0.641 bits per heavy atom. The lowest BCUT2D eigenvalue weighted by Gasteiger charge is -2.21. The summed E-state index contributed by atoms with van der Waals surface area (Å²) in [7, 11) is 0. The second kappa shape index (κ2) is 11.4. The van der Waals surface area contributed by atoms with Gasteiger partial charge in [0.1, 0.15) is 0 Å². The second-order valence-electron chi connectivity index (χ2n) is 11.7. The average molecular weight is 549 g/mol. The molecule has 0 aliphatic heterocycles. The summed E-state index contributed by atoms with van der Waals surface area (Å²) in [5.74, 6) is 0.598. The first-order valence-corrected chi connectivity index (χ1v) is 16.5. The molecule has 0 saturated heterocycles. The summed E-state index contributed by atoms with van der Waals surface area (Å²) >= 11 is 3.75. The molecule has 0 aromatic heterocycles. The minimum absolute atomic E-state index is 0.145. The topological polar surface area (TPSA) is 0 Å². The molecular formula is C37H40S2. The van der Waals surface area contributed by atoms with Crippen LogP contribution in [0.25, 0.3) is 43.8 Å². The van der Waals surface area contributed by atoms with E-state index in [1.54, 1.807) is 0 Å². The van der Waals surface area contributed by atoms with Crippen molar-refractivity contribution in [3.05, 3.63) is 96.1 Å². The lowest BCUT2D eigenvalue weighted by molar-refractivity contribution is 0.590. The van der Waals surface area contributed by atoms with Crippen LogP contribution in [0, 0.1) is 0 Å². The van der Waals surface area contributed by atoms with Gasteiger partial charge in [0.2, 0.25) is 0 Å². The van der Waals surface area contributed by atoms with E-state index in [9.17, 15) is 0 Å². The first-order valence-electron chi connectivity index (χ1n) is 14.1. The molecule has 2 heteroatoms. The smallest absolute Gasteiger partial charge is 0.0297 e. The fraction of sp³-hybridized carbons (Fsp3) is 0.297. The van der Waals surface area contributed by atoms with Crippen LogP contribution in [0.3, 0.4) is 0 Å². The van der Waals surface area contributed by atoms with Crippen LogP contribution in [0.1, 0.15) is 64.5 Å². The molecule has 0 aliphatic carbocycles. The van der Waals surface area contributed by atoms with Crippen LogP contribution in [0.2, 0.25) is 0 Å². The minimum atomic E-state index is 0.145. The van der Waals surface area contributed by atoms with Crippen molar-refractivity contribution in [2.24, 2.45) is 0 Å². The predicted octanol–water partition coefficient (Wildman–Crippen LogP) is 12.0. The molecule has 200 valence electrons. The third-order valence-electron chi connectivity index (χ3n) is 8.06. The van der Waals surface area contributed by atoms with Crippen LogP contribution in [0.5, 0.6) is 0 Å². The van der Waals surface area contributed by atoms with E-state index in [4.69, 9.17) is 0 Å². The van der Waals surface area contributed by atoms with E-state index >= 15 is 0 Å². The van der Waals surface area contributed by atoms with Gasteiger partial charge in [0.15, 0.2) is 0 Å². The minimum Gasteiger partial charge on any atom is -0.128 e. The Labute approximate surface area is 243 Å². The van der Waals surface area contributed by atoms with Crippen molar-refractivity contribution in [3.63, 3.8) is 0 Å². The van der Waals surface area contributed by atoms with Crippen molar-refractivity contribution in [1.29, 1.82) is 0 Å². The summed E-state index contributed by atoms with van der Waals surface area (Å²) in [4.78, 5) is 2.75. The van der Waals surface area contributed by atoms with Gasteiger partial charge in [0.05, 0.1) is 0 Å². The summed E-state index contributed by atoms with van der Waals surface area (Å²) in [6.45, 7) is 11.4. The molecule has 0 fully saturated rings. The van der Waals surface area contributed by atoms with Crippen molar-refractivity contribution in [1.82, 2.24) is 0 Å². The highest BCUT2D eigenvalue weighted by atomic mass is 32.2. The molecular weight excluding hydrogens is 509 g/mol. The van der Waals surface area contributed by atoms with E-state index in [1.807, 2.05) is 23.5 Å². The lowest BCUT2D eigenvalue weighted by atomic mass is 9.85. The first-order chi connectivity index (χ1) is 18.8. The van der Waals surface area contributed by atoms with Gasteiger partial charge in [0, 0.05) is 20.6 Å². The van der Waals surface area contributed by atoms with Crippen LogP contribution < -0.4 is 0 Å². The van der Waals surface area contributed by atoms with Crippen molar-refractivity contribution in [2.45, 2.75) is 68.6 Å². The van der Waals surface area contributed by atoms with E-state index in [0.29, 0.717) is 5.92 Å². The molecule has 0 spiro atoms. The highest BCUT2D eigenvalue weighted by molar-refractivity contribution is 8.02. The van der Waals surface area contributed by atoms with Crippen LogP contribution in [-0.2, 0) is 5.41 Å².